The van der Waals surface area contributed by atoms with E-state index < -0.39 is 35.4 Å². The molecule has 2 aromatic rings. The molecule has 3 rings (SSSR count). The molecule has 3 unspecified atom stereocenters. The van der Waals surface area contributed by atoms with Gasteiger partial charge in [-0.3, -0.25) is 4.90 Å². The van der Waals surface area contributed by atoms with Crippen molar-refractivity contribution in [3.05, 3.63) is 23.4 Å². The molecular weight excluding hydrogens is 498 g/mol. The van der Waals surface area contributed by atoms with E-state index in [1.165, 1.54) is 4.90 Å². The molecular formula is C27H38ClN3O6. The highest BCUT2D eigenvalue weighted by Gasteiger charge is 2.52. The highest BCUT2D eigenvalue weighted by molar-refractivity contribution is 6.31. The second-order valence-electron chi connectivity index (χ2n) is 11.7. The number of carbonyl (C=O) groups excluding carboxylic acids is 2. The number of halogens is 1. The Hall–Kier alpha value is -2.81. The van der Waals surface area contributed by atoms with Crippen LogP contribution in [0.15, 0.2) is 18.2 Å². The number of amides is 1. The maximum Gasteiger partial charge on any atom is 0.411 e. The lowest BCUT2D eigenvalue weighted by Crippen LogP contribution is -2.48. The molecule has 1 amide bonds. The molecule has 1 aliphatic heterocycles. The number of rotatable bonds is 6. The molecule has 0 aliphatic carbocycles. The van der Waals surface area contributed by atoms with E-state index in [1.54, 1.807) is 66.9 Å². The summed E-state index contributed by atoms with van der Waals surface area (Å²) in [7, 11) is 1.57. The van der Waals surface area contributed by atoms with Crippen LogP contribution in [0.3, 0.4) is 0 Å². The first-order chi connectivity index (χ1) is 17.1. The van der Waals surface area contributed by atoms with Crippen molar-refractivity contribution < 1.29 is 28.5 Å². The molecule has 0 N–H and O–H groups in total. The second-order valence-corrected chi connectivity index (χ2v) is 12.1. The number of likely N-dealkylation sites (tertiary alicyclic amines) is 1. The minimum Gasteiger partial charge on any atom is -0.497 e. The monoisotopic (exact) mass is 535 g/mol. The normalized spacial score (nSPS) is 20.3. The Bertz CT molecular complexity index is 1140. The third-order valence-electron chi connectivity index (χ3n) is 5.68. The first-order valence-electron chi connectivity index (χ1n) is 12.5. The third-order valence-corrected chi connectivity index (χ3v) is 5.92. The van der Waals surface area contributed by atoms with Gasteiger partial charge in [0.05, 0.1) is 24.7 Å². The summed E-state index contributed by atoms with van der Waals surface area (Å²) in [6, 6.07) is 4.38. The van der Waals surface area contributed by atoms with E-state index in [9.17, 15) is 9.59 Å². The fourth-order valence-electron chi connectivity index (χ4n) is 4.34. The van der Waals surface area contributed by atoms with Crippen molar-refractivity contribution in [2.45, 2.75) is 85.2 Å². The van der Waals surface area contributed by atoms with Crippen molar-refractivity contribution in [2.75, 3.05) is 13.7 Å². The Labute approximate surface area is 223 Å². The number of fused-ring (bicyclic) bond motifs is 1. The standard InChI is InChI=1S/C27H38ClN3O6/c1-15(2)12-17-20(35-23-22(28)29-18-11-10-16(34-9)13-19(18)30-23)14-31(25(33)37-27(6,7)8)21(17)24(32)36-26(3,4)5/h10-11,13,15,17,20-21H,12,14H2,1-9H3. The average molecular weight is 536 g/mol. The van der Waals surface area contributed by atoms with Gasteiger partial charge in [0.1, 0.15) is 29.1 Å². The second kappa shape index (κ2) is 10.9. The van der Waals surface area contributed by atoms with Gasteiger partial charge in [-0.25, -0.2) is 19.6 Å². The molecule has 1 fully saturated rings. The zero-order valence-corrected chi connectivity index (χ0v) is 23.9. The van der Waals surface area contributed by atoms with Crippen LogP contribution < -0.4 is 9.47 Å². The Morgan fingerprint density at radius 3 is 2.27 bits per heavy atom. The van der Waals surface area contributed by atoms with Gasteiger partial charge in [-0.05, 0) is 66.0 Å². The summed E-state index contributed by atoms with van der Waals surface area (Å²) in [6.07, 6.45) is -0.605. The van der Waals surface area contributed by atoms with Gasteiger partial charge in [-0.15, -0.1) is 0 Å². The highest BCUT2D eigenvalue weighted by Crippen LogP contribution is 2.37. The number of esters is 1. The highest BCUT2D eigenvalue weighted by atomic mass is 35.5. The number of nitrogens with zero attached hydrogens (tertiary/aromatic N) is 3. The van der Waals surface area contributed by atoms with Gasteiger partial charge in [0.25, 0.3) is 5.88 Å². The van der Waals surface area contributed by atoms with Crippen LogP contribution in [0.4, 0.5) is 4.79 Å². The Balaban J connectivity index is 2.02. The van der Waals surface area contributed by atoms with Gasteiger partial charge >= 0.3 is 12.1 Å². The quantitative estimate of drug-likeness (QED) is 0.437. The molecule has 1 saturated heterocycles. The van der Waals surface area contributed by atoms with Crippen molar-refractivity contribution in [2.24, 2.45) is 11.8 Å². The van der Waals surface area contributed by atoms with Gasteiger partial charge in [0.15, 0.2) is 5.15 Å². The molecule has 37 heavy (non-hydrogen) atoms. The summed E-state index contributed by atoms with van der Waals surface area (Å²) < 4.78 is 23.0. The number of carbonyl (C=O) groups is 2. The number of hydrogen-bond donors (Lipinski definition) is 0. The Kier molecular flexibility index (Phi) is 8.47. The molecule has 9 nitrogen and oxygen atoms in total. The predicted molar refractivity (Wildman–Crippen MR) is 141 cm³/mol. The Morgan fingerprint density at radius 2 is 1.70 bits per heavy atom. The van der Waals surface area contributed by atoms with Crippen LogP contribution in [0.5, 0.6) is 11.6 Å². The molecule has 1 aromatic heterocycles. The molecule has 2 heterocycles. The van der Waals surface area contributed by atoms with Crippen LogP contribution in [-0.4, -0.2) is 63.9 Å². The molecule has 0 saturated carbocycles. The molecule has 10 heteroatoms. The first kappa shape index (κ1) is 28.8. The SMILES string of the molecule is COc1ccc2nc(Cl)c(OC3CN(C(=O)OC(C)(C)C)C(C(=O)OC(C)(C)C)C3CC(C)C)nc2c1. The maximum absolute atomic E-state index is 13.4. The Morgan fingerprint density at radius 1 is 1.05 bits per heavy atom. The smallest absolute Gasteiger partial charge is 0.411 e. The van der Waals surface area contributed by atoms with E-state index in [0.29, 0.717) is 23.2 Å². The summed E-state index contributed by atoms with van der Waals surface area (Å²) in [5.41, 5.74) is -0.339. The number of benzene rings is 1. The number of methoxy groups -OCH3 is 1. The molecule has 3 atom stereocenters. The molecule has 0 spiro atoms. The number of ether oxygens (including phenoxy) is 4. The van der Waals surface area contributed by atoms with Gasteiger partial charge < -0.3 is 18.9 Å². The topological polar surface area (TPSA) is 100 Å². The lowest BCUT2D eigenvalue weighted by atomic mass is 9.88. The van der Waals surface area contributed by atoms with Gasteiger partial charge in [0, 0.05) is 12.0 Å². The lowest BCUT2D eigenvalue weighted by Gasteiger charge is -2.31. The van der Waals surface area contributed by atoms with Gasteiger partial charge in [-0.2, -0.15) is 0 Å². The molecule has 204 valence electrons. The van der Waals surface area contributed by atoms with Crippen molar-refractivity contribution in [1.29, 1.82) is 0 Å². The summed E-state index contributed by atoms with van der Waals surface area (Å²) in [6.45, 7) is 14.9. The zero-order valence-electron chi connectivity index (χ0n) is 23.1. The van der Waals surface area contributed by atoms with Crippen LogP contribution in [0.25, 0.3) is 11.0 Å². The largest absolute Gasteiger partial charge is 0.497 e. The first-order valence-corrected chi connectivity index (χ1v) is 12.9. The van der Waals surface area contributed by atoms with Crippen LogP contribution in [-0.2, 0) is 14.3 Å². The lowest BCUT2D eigenvalue weighted by molar-refractivity contribution is -0.162. The molecule has 1 aliphatic rings. The van der Waals surface area contributed by atoms with E-state index in [2.05, 4.69) is 23.8 Å². The van der Waals surface area contributed by atoms with Crippen LogP contribution in [0.1, 0.15) is 61.8 Å². The summed E-state index contributed by atoms with van der Waals surface area (Å²) in [5.74, 6) is 0.0590. The molecule has 0 bridgehead atoms. The van der Waals surface area contributed by atoms with Crippen LogP contribution in [0.2, 0.25) is 5.15 Å². The summed E-state index contributed by atoms with van der Waals surface area (Å²) in [4.78, 5) is 37.1. The number of hydrogen-bond acceptors (Lipinski definition) is 8. The minimum absolute atomic E-state index is 0.0884. The van der Waals surface area contributed by atoms with E-state index in [1.807, 2.05) is 0 Å². The number of aromatic nitrogens is 2. The average Bonchev–Trinajstić information content (AvgIpc) is 3.09. The summed E-state index contributed by atoms with van der Waals surface area (Å²) >= 11 is 6.45. The van der Waals surface area contributed by atoms with E-state index in [0.717, 1.165) is 0 Å². The van der Waals surface area contributed by atoms with Crippen molar-refractivity contribution in [1.82, 2.24) is 14.9 Å². The minimum atomic E-state index is -0.895. The maximum atomic E-state index is 13.4. The van der Waals surface area contributed by atoms with E-state index in [4.69, 9.17) is 30.5 Å². The fraction of sp³-hybridized carbons (Fsp3) is 0.630. The van der Waals surface area contributed by atoms with Crippen molar-refractivity contribution in [3.8, 4) is 11.6 Å². The summed E-state index contributed by atoms with van der Waals surface area (Å²) in [5, 5.41) is 0.0884. The van der Waals surface area contributed by atoms with Crippen molar-refractivity contribution >= 4 is 34.7 Å². The third kappa shape index (κ3) is 7.37. The zero-order chi connectivity index (χ0) is 27.7. The van der Waals surface area contributed by atoms with E-state index >= 15 is 0 Å². The molecule has 1 aromatic carbocycles. The fourth-order valence-corrected chi connectivity index (χ4v) is 4.52. The molecule has 0 radical (unpaired) electrons. The van der Waals surface area contributed by atoms with Crippen LogP contribution in [0, 0.1) is 11.8 Å². The predicted octanol–water partition coefficient (Wildman–Crippen LogP) is 5.66. The van der Waals surface area contributed by atoms with E-state index in [-0.39, 0.29) is 29.4 Å². The van der Waals surface area contributed by atoms with Gasteiger partial charge in [0.2, 0.25) is 0 Å². The van der Waals surface area contributed by atoms with Gasteiger partial charge in [-0.1, -0.05) is 25.4 Å². The van der Waals surface area contributed by atoms with Crippen molar-refractivity contribution in [3.63, 3.8) is 0 Å². The van der Waals surface area contributed by atoms with Crippen LogP contribution >= 0.6 is 11.6 Å².